The second-order valence-electron chi connectivity index (χ2n) is 7.00. The molecule has 1 aromatic heterocycles. The van der Waals surface area contributed by atoms with E-state index in [9.17, 15) is 0 Å². The normalized spacial score (nSPS) is 23.8. The van der Waals surface area contributed by atoms with Gasteiger partial charge in [-0.05, 0) is 25.3 Å². The summed E-state index contributed by atoms with van der Waals surface area (Å²) in [6.07, 6.45) is 3.94. The van der Waals surface area contributed by atoms with Gasteiger partial charge in [0, 0.05) is 25.7 Å². The molecule has 134 valence electrons. The van der Waals surface area contributed by atoms with Crippen molar-refractivity contribution in [2.24, 2.45) is 0 Å². The Morgan fingerprint density at radius 1 is 1.16 bits per heavy atom. The fourth-order valence-corrected chi connectivity index (χ4v) is 4.18. The van der Waals surface area contributed by atoms with Crippen molar-refractivity contribution >= 4 is 0 Å². The molecular weight excluding hydrogens is 314 g/mol. The van der Waals surface area contributed by atoms with Crippen LogP contribution in [0.25, 0.3) is 0 Å². The van der Waals surface area contributed by atoms with E-state index in [1.165, 1.54) is 5.56 Å². The summed E-state index contributed by atoms with van der Waals surface area (Å²) in [4.78, 5) is 7.04. The summed E-state index contributed by atoms with van der Waals surface area (Å²) >= 11 is 0. The molecule has 1 aromatic carbocycles. The lowest BCUT2D eigenvalue weighted by Gasteiger charge is -2.40. The van der Waals surface area contributed by atoms with Crippen molar-refractivity contribution in [1.29, 1.82) is 0 Å². The second-order valence-corrected chi connectivity index (χ2v) is 7.00. The van der Waals surface area contributed by atoms with E-state index >= 15 is 0 Å². The number of morpholine rings is 1. The van der Waals surface area contributed by atoms with Gasteiger partial charge >= 0.3 is 0 Å². The number of hydrogen-bond donors (Lipinski definition) is 1. The van der Waals surface area contributed by atoms with Crippen LogP contribution in [0.1, 0.15) is 43.2 Å². The maximum absolute atomic E-state index is 5.57. The molecule has 25 heavy (non-hydrogen) atoms. The van der Waals surface area contributed by atoms with E-state index < -0.39 is 0 Å². The van der Waals surface area contributed by atoms with E-state index in [0.29, 0.717) is 12.1 Å². The number of ether oxygens (including phenoxy) is 1. The number of benzene rings is 1. The summed E-state index contributed by atoms with van der Waals surface area (Å²) in [6, 6.07) is 11.8. The van der Waals surface area contributed by atoms with Crippen LogP contribution in [0.3, 0.4) is 0 Å². The summed E-state index contributed by atoms with van der Waals surface area (Å²) in [5, 5.41) is 8.20. The molecule has 1 saturated heterocycles. The third-order valence-electron chi connectivity index (χ3n) is 5.34. The molecule has 4 rings (SSSR count). The first kappa shape index (κ1) is 16.7. The average molecular weight is 341 g/mol. The van der Waals surface area contributed by atoms with Crippen molar-refractivity contribution in [3.05, 3.63) is 48.0 Å². The van der Waals surface area contributed by atoms with Gasteiger partial charge < -0.3 is 10.1 Å². The lowest BCUT2D eigenvalue weighted by atomic mass is 9.96. The number of fused-ring (bicyclic) bond motifs is 1. The molecule has 0 spiro atoms. The van der Waals surface area contributed by atoms with E-state index in [0.717, 1.165) is 51.5 Å². The molecule has 0 radical (unpaired) electrons. The van der Waals surface area contributed by atoms with Gasteiger partial charge in [0.1, 0.15) is 12.2 Å². The van der Waals surface area contributed by atoms with Crippen LogP contribution in [0, 0.1) is 0 Å². The SMILES string of the molecule is C[C@H](N[C@@H]1CCCn2ncnc21)[C@@H](c1ccccc1)N1CCOCC1. The molecule has 1 N–H and O–H groups in total. The second kappa shape index (κ2) is 7.64. The van der Waals surface area contributed by atoms with Gasteiger partial charge in [-0.1, -0.05) is 30.3 Å². The first-order chi connectivity index (χ1) is 12.3. The smallest absolute Gasteiger partial charge is 0.143 e. The molecule has 0 saturated carbocycles. The van der Waals surface area contributed by atoms with Gasteiger partial charge in [-0.2, -0.15) is 5.10 Å². The maximum atomic E-state index is 5.57. The Morgan fingerprint density at radius 2 is 1.96 bits per heavy atom. The first-order valence-corrected chi connectivity index (χ1v) is 9.33. The van der Waals surface area contributed by atoms with Crippen molar-refractivity contribution in [3.8, 4) is 0 Å². The molecule has 2 aromatic rings. The van der Waals surface area contributed by atoms with Gasteiger partial charge in [-0.15, -0.1) is 0 Å². The number of aromatic nitrogens is 3. The zero-order valence-corrected chi connectivity index (χ0v) is 14.8. The number of aryl methyl sites for hydroxylation is 1. The standard InChI is InChI=1S/C19H27N5O/c1-15(22-17-8-5-9-24-19(17)20-14-21-24)18(16-6-3-2-4-7-16)23-10-12-25-13-11-23/h2-4,6-7,14-15,17-18,22H,5,8-13H2,1H3/t15-,17+,18-/m0/s1. The van der Waals surface area contributed by atoms with Gasteiger partial charge in [0.25, 0.3) is 0 Å². The number of hydrogen-bond acceptors (Lipinski definition) is 5. The molecule has 0 bridgehead atoms. The summed E-state index contributed by atoms with van der Waals surface area (Å²) in [6.45, 7) is 6.86. The van der Waals surface area contributed by atoms with Crippen molar-refractivity contribution in [2.45, 2.75) is 44.4 Å². The lowest BCUT2D eigenvalue weighted by molar-refractivity contribution is 0.00728. The van der Waals surface area contributed by atoms with Gasteiger partial charge in [0.2, 0.25) is 0 Å². The monoisotopic (exact) mass is 341 g/mol. The molecule has 6 heteroatoms. The minimum Gasteiger partial charge on any atom is -0.379 e. The van der Waals surface area contributed by atoms with E-state index in [1.807, 2.05) is 4.68 Å². The van der Waals surface area contributed by atoms with Crippen LogP contribution in [-0.2, 0) is 11.3 Å². The molecule has 2 aliphatic heterocycles. The highest BCUT2D eigenvalue weighted by molar-refractivity contribution is 5.21. The summed E-state index contributed by atoms with van der Waals surface area (Å²) in [5.74, 6) is 1.08. The van der Waals surface area contributed by atoms with Crippen LogP contribution in [-0.4, -0.2) is 52.0 Å². The molecular formula is C19H27N5O. The molecule has 2 aliphatic rings. The molecule has 0 unspecified atom stereocenters. The van der Waals surface area contributed by atoms with Crippen LogP contribution >= 0.6 is 0 Å². The quantitative estimate of drug-likeness (QED) is 0.903. The van der Waals surface area contributed by atoms with Gasteiger partial charge in [0.15, 0.2) is 0 Å². The predicted molar refractivity (Wildman–Crippen MR) is 96.2 cm³/mol. The molecule has 0 aliphatic carbocycles. The summed E-state index contributed by atoms with van der Waals surface area (Å²) < 4.78 is 7.61. The predicted octanol–water partition coefficient (Wildman–Crippen LogP) is 2.16. The third-order valence-corrected chi connectivity index (χ3v) is 5.34. The maximum Gasteiger partial charge on any atom is 0.143 e. The fraction of sp³-hybridized carbons (Fsp3) is 0.579. The molecule has 3 heterocycles. The van der Waals surface area contributed by atoms with Crippen LogP contribution < -0.4 is 5.32 Å². The Bertz CT molecular complexity index is 667. The first-order valence-electron chi connectivity index (χ1n) is 9.33. The Labute approximate surface area is 149 Å². The van der Waals surface area contributed by atoms with Crippen molar-refractivity contribution < 1.29 is 4.74 Å². The highest BCUT2D eigenvalue weighted by atomic mass is 16.5. The van der Waals surface area contributed by atoms with Crippen molar-refractivity contribution in [1.82, 2.24) is 25.0 Å². The zero-order chi connectivity index (χ0) is 17.1. The fourth-order valence-electron chi connectivity index (χ4n) is 4.18. The van der Waals surface area contributed by atoms with Gasteiger partial charge in [-0.25, -0.2) is 9.67 Å². The van der Waals surface area contributed by atoms with Crippen LogP contribution in [0.15, 0.2) is 36.7 Å². The minimum absolute atomic E-state index is 0.276. The summed E-state index contributed by atoms with van der Waals surface area (Å²) in [5.41, 5.74) is 1.36. The van der Waals surface area contributed by atoms with Crippen LogP contribution in [0.2, 0.25) is 0 Å². The largest absolute Gasteiger partial charge is 0.379 e. The molecule has 0 amide bonds. The van der Waals surface area contributed by atoms with Gasteiger partial charge in [-0.3, -0.25) is 4.90 Å². The van der Waals surface area contributed by atoms with Crippen molar-refractivity contribution in [3.63, 3.8) is 0 Å². The Balaban J connectivity index is 1.55. The van der Waals surface area contributed by atoms with E-state index in [4.69, 9.17) is 4.74 Å². The number of nitrogens with zero attached hydrogens (tertiary/aromatic N) is 4. The zero-order valence-electron chi connectivity index (χ0n) is 14.8. The van der Waals surface area contributed by atoms with Crippen LogP contribution in [0.4, 0.5) is 0 Å². The lowest BCUT2D eigenvalue weighted by Crippen LogP contribution is -2.48. The molecule has 6 nitrogen and oxygen atoms in total. The van der Waals surface area contributed by atoms with E-state index in [2.05, 4.69) is 57.6 Å². The number of rotatable bonds is 5. The Hall–Kier alpha value is -1.76. The third kappa shape index (κ3) is 3.61. The van der Waals surface area contributed by atoms with E-state index in [1.54, 1.807) is 6.33 Å². The average Bonchev–Trinajstić information content (AvgIpc) is 3.14. The number of nitrogens with one attached hydrogen (secondary N) is 1. The van der Waals surface area contributed by atoms with Crippen molar-refractivity contribution in [2.75, 3.05) is 26.3 Å². The molecule has 3 atom stereocenters. The highest BCUT2D eigenvalue weighted by Crippen LogP contribution is 2.29. The minimum atomic E-state index is 0.276. The van der Waals surface area contributed by atoms with E-state index in [-0.39, 0.29) is 6.04 Å². The van der Waals surface area contributed by atoms with Gasteiger partial charge in [0.05, 0.1) is 25.3 Å². The molecule has 1 fully saturated rings. The Kier molecular flexibility index (Phi) is 5.10. The highest BCUT2D eigenvalue weighted by Gasteiger charge is 2.31. The van der Waals surface area contributed by atoms with Crippen LogP contribution in [0.5, 0.6) is 0 Å². The Morgan fingerprint density at radius 3 is 2.76 bits per heavy atom. The summed E-state index contributed by atoms with van der Waals surface area (Å²) in [7, 11) is 0. The topological polar surface area (TPSA) is 55.2 Å².